The second-order valence-corrected chi connectivity index (χ2v) is 3.63. The molecule has 0 aliphatic heterocycles. The number of hydrogen-bond acceptors (Lipinski definition) is 0. The van der Waals surface area contributed by atoms with Gasteiger partial charge >= 0.3 is 0 Å². The molecule has 0 heteroatoms. The average Bonchev–Trinajstić information content (AvgIpc) is 2.00. The Bertz CT molecular complexity index is 66.1. The van der Waals surface area contributed by atoms with Gasteiger partial charge in [0.2, 0.25) is 0 Å². The van der Waals surface area contributed by atoms with Crippen molar-refractivity contribution in [3.8, 4) is 0 Å². The smallest absolute Gasteiger partial charge is 0.0391 e. The van der Waals surface area contributed by atoms with Crippen LogP contribution in [0.5, 0.6) is 0 Å². The van der Waals surface area contributed by atoms with Crippen LogP contribution in [0, 0.1) is 17.8 Å². The second kappa shape index (κ2) is 4.76. The Morgan fingerprint density at radius 1 is 0.800 bits per heavy atom. The molecule has 0 radical (unpaired) electrons. The van der Waals surface area contributed by atoms with E-state index >= 15 is 0 Å². The first-order chi connectivity index (χ1) is 4.63. The van der Waals surface area contributed by atoms with Crippen molar-refractivity contribution < 1.29 is 0 Å². The lowest BCUT2D eigenvalue weighted by Gasteiger charge is -2.23. The fourth-order valence-corrected chi connectivity index (χ4v) is 1.30. The summed E-state index contributed by atoms with van der Waals surface area (Å²) in [6, 6.07) is 0. The van der Waals surface area contributed by atoms with Gasteiger partial charge in [-0.25, -0.2) is 0 Å². The van der Waals surface area contributed by atoms with E-state index in [1.807, 2.05) is 0 Å². The van der Waals surface area contributed by atoms with Crippen molar-refractivity contribution >= 4 is 0 Å². The van der Waals surface area contributed by atoms with Crippen LogP contribution in [0.2, 0.25) is 0 Å². The van der Waals surface area contributed by atoms with Gasteiger partial charge in [0.05, 0.1) is 0 Å². The third kappa shape index (κ3) is 2.72. The lowest BCUT2D eigenvalue weighted by Crippen LogP contribution is -2.14. The minimum absolute atomic E-state index is 0.898. The maximum Gasteiger partial charge on any atom is -0.0391 e. The Labute approximate surface area is 66.0 Å². The van der Waals surface area contributed by atoms with Crippen molar-refractivity contribution in [1.82, 2.24) is 0 Å². The minimum Gasteiger partial charge on any atom is -0.0651 e. The molecule has 2 unspecified atom stereocenters. The molecule has 0 aromatic carbocycles. The van der Waals surface area contributed by atoms with Crippen LogP contribution in [0.15, 0.2) is 0 Å². The Morgan fingerprint density at radius 2 is 1.10 bits per heavy atom. The second-order valence-electron chi connectivity index (χ2n) is 3.63. The molecule has 0 nitrogen and oxygen atoms in total. The lowest BCUT2D eigenvalue weighted by molar-refractivity contribution is 0.267. The highest BCUT2D eigenvalue weighted by atomic mass is 14.2. The van der Waals surface area contributed by atoms with Crippen molar-refractivity contribution in [3.63, 3.8) is 0 Å². The van der Waals surface area contributed by atoms with Gasteiger partial charge in [-0.1, -0.05) is 47.5 Å². The van der Waals surface area contributed by atoms with Crippen molar-refractivity contribution in [1.29, 1.82) is 0 Å². The lowest BCUT2D eigenvalue weighted by atomic mass is 9.82. The molecule has 0 aliphatic rings. The maximum absolute atomic E-state index is 2.38. The largest absolute Gasteiger partial charge is 0.0651 e. The summed E-state index contributed by atoms with van der Waals surface area (Å²) in [6.45, 7) is 11.7. The zero-order valence-corrected chi connectivity index (χ0v) is 8.15. The van der Waals surface area contributed by atoms with Gasteiger partial charge in [0.25, 0.3) is 0 Å². The standard InChI is InChI=1S/C10H22/c1-6-8(3)10(5)9(4)7-2/h8-10H,6-7H2,1-5H3. The average molecular weight is 142 g/mol. The van der Waals surface area contributed by atoms with E-state index in [-0.39, 0.29) is 0 Å². The number of rotatable bonds is 4. The highest BCUT2D eigenvalue weighted by Gasteiger charge is 2.15. The fraction of sp³-hybridized carbons (Fsp3) is 1.00. The summed E-state index contributed by atoms with van der Waals surface area (Å²) in [5, 5.41) is 0. The van der Waals surface area contributed by atoms with Gasteiger partial charge < -0.3 is 0 Å². The minimum atomic E-state index is 0.898. The Kier molecular flexibility index (Phi) is 4.76. The van der Waals surface area contributed by atoms with Gasteiger partial charge in [-0.2, -0.15) is 0 Å². The van der Waals surface area contributed by atoms with Gasteiger partial charge in [-0.05, 0) is 17.8 Å². The van der Waals surface area contributed by atoms with Crippen LogP contribution < -0.4 is 0 Å². The predicted molar refractivity (Wildman–Crippen MR) is 48.1 cm³/mol. The van der Waals surface area contributed by atoms with Crippen LogP contribution in [0.3, 0.4) is 0 Å². The molecular weight excluding hydrogens is 120 g/mol. The maximum atomic E-state index is 2.38. The zero-order valence-electron chi connectivity index (χ0n) is 8.15. The molecule has 0 aromatic heterocycles. The molecule has 0 amide bonds. The molecule has 62 valence electrons. The van der Waals surface area contributed by atoms with Gasteiger partial charge in [-0.15, -0.1) is 0 Å². The van der Waals surface area contributed by atoms with Crippen LogP contribution in [-0.2, 0) is 0 Å². The van der Waals surface area contributed by atoms with Crippen molar-refractivity contribution in [2.75, 3.05) is 0 Å². The molecule has 0 aromatic rings. The van der Waals surface area contributed by atoms with Crippen molar-refractivity contribution in [3.05, 3.63) is 0 Å². The molecular formula is C10H22. The van der Waals surface area contributed by atoms with Crippen LogP contribution in [0.1, 0.15) is 47.5 Å². The normalized spacial score (nSPS) is 20.1. The van der Waals surface area contributed by atoms with Gasteiger partial charge in [0, 0.05) is 0 Å². The van der Waals surface area contributed by atoms with Gasteiger partial charge in [0.1, 0.15) is 0 Å². The molecule has 0 heterocycles. The quantitative estimate of drug-likeness (QED) is 0.561. The molecule has 0 bridgehead atoms. The molecule has 0 saturated carbocycles. The molecule has 10 heavy (non-hydrogen) atoms. The summed E-state index contributed by atoms with van der Waals surface area (Å²) in [7, 11) is 0. The zero-order chi connectivity index (χ0) is 8.15. The van der Waals surface area contributed by atoms with Crippen LogP contribution in [0.25, 0.3) is 0 Å². The van der Waals surface area contributed by atoms with Crippen LogP contribution >= 0.6 is 0 Å². The van der Waals surface area contributed by atoms with E-state index in [0.29, 0.717) is 0 Å². The van der Waals surface area contributed by atoms with Crippen molar-refractivity contribution in [2.24, 2.45) is 17.8 Å². The van der Waals surface area contributed by atoms with E-state index in [1.165, 1.54) is 12.8 Å². The molecule has 0 N–H and O–H groups in total. The molecule has 0 spiro atoms. The molecule has 0 fully saturated rings. The van der Waals surface area contributed by atoms with E-state index in [9.17, 15) is 0 Å². The van der Waals surface area contributed by atoms with E-state index in [4.69, 9.17) is 0 Å². The number of hydrogen-bond donors (Lipinski definition) is 0. The van der Waals surface area contributed by atoms with E-state index in [2.05, 4.69) is 34.6 Å². The van der Waals surface area contributed by atoms with Crippen LogP contribution in [0.4, 0.5) is 0 Å². The van der Waals surface area contributed by atoms with E-state index in [1.54, 1.807) is 0 Å². The first-order valence-electron chi connectivity index (χ1n) is 4.63. The van der Waals surface area contributed by atoms with Gasteiger partial charge in [0.15, 0.2) is 0 Å². The first kappa shape index (κ1) is 10.0. The SMILES string of the molecule is CCC(C)C(C)C(C)CC. The fourth-order valence-electron chi connectivity index (χ4n) is 1.30. The summed E-state index contributed by atoms with van der Waals surface area (Å²) in [4.78, 5) is 0. The molecule has 0 saturated heterocycles. The summed E-state index contributed by atoms with van der Waals surface area (Å²) < 4.78 is 0. The Hall–Kier alpha value is 0. The first-order valence-corrected chi connectivity index (χ1v) is 4.63. The third-order valence-electron chi connectivity index (χ3n) is 3.08. The van der Waals surface area contributed by atoms with E-state index < -0.39 is 0 Å². The molecule has 2 atom stereocenters. The van der Waals surface area contributed by atoms with Gasteiger partial charge in [-0.3, -0.25) is 0 Å². The summed E-state index contributed by atoms with van der Waals surface area (Å²) in [5.74, 6) is 2.69. The molecule has 0 rings (SSSR count). The predicted octanol–water partition coefficient (Wildman–Crippen LogP) is 3.71. The monoisotopic (exact) mass is 142 g/mol. The summed E-state index contributed by atoms with van der Waals surface area (Å²) in [5.41, 5.74) is 0. The van der Waals surface area contributed by atoms with Crippen LogP contribution in [-0.4, -0.2) is 0 Å². The van der Waals surface area contributed by atoms with Crippen molar-refractivity contribution in [2.45, 2.75) is 47.5 Å². The topological polar surface area (TPSA) is 0 Å². The Morgan fingerprint density at radius 3 is 1.30 bits per heavy atom. The highest BCUT2D eigenvalue weighted by Crippen LogP contribution is 2.24. The third-order valence-corrected chi connectivity index (χ3v) is 3.08. The Balaban J connectivity index is 3.69. The molecule has 0 aliphatic carbocycles. The van der Waals surface area contributed by atoms with E-state index in [0.717, 1.165) is 17.8 Å². The summed E-state index contributed by atoms with van der Waals surface area (Å²) in [6.07, 6.45) is 2.65. The summed E-state index contributed by atoms with van der Waals surface area (Å²) >= 11 is 0. The highest BCUT2D eigenvalue weighted by molar-refractivity contribution is 4.65.